The predicted molar refractivity (Wildman–Crippen MR) is 248 cm³/mol. The zero-order chi connectivity index (χ0) is 43.3. The Bertz CT molecular complexity index is 1840. The van der Waals surface area contributed by atoms with Gasteiger partial charge in [0.2, 0.25) is 0 Å². The van der Waals surface area contributed by atoms with Crippen molar-refractivity contribution in [3.8, 4) is 23.0 Å². The molecule has 8 nitrogen and oxygen atoms in total. The molecule has 0 spiro atoms. The van der Waals surface area contributed by atoms with Gasteiger partial charge in [-0.25, -0.2) is 16.8 Å². The van der Waals surface area contributed by atoms with Crippen LogP contribution in [0.1, 0.15) is 166 Å². The summed E-state index contributed by atoms with van der Waals surface area (Å²) in [6, 6.07) is 27.2. The summed E-state index contributed by atoms with van der Waals surface area (Å²) in [7, 11) is -9.14. The summed E-state index contributed by atoms with van der Waals surface area (Å²) < 4.78 is 79.8. The number of unbranched alkanes of at least 4 members (excludes halogenated alkanes) is 20. The van der Waals surface area contributed by atoms with Gasteiger partial charge in [0.1, 0.15) is 43.2 Å². The maximum atomic E-state index is 11.4. The summed E-state index contributed by atoms with van der Waals surface area (Å²) in [5, 5.41) is 0. The molecule has 4 aromatic rings. The fourth-order valence-corrected chi connectivity index (χ4v) is 8.45. The average molecular weight is 903 g/mol. The zero-order valence-electron chi connectivity index (χ0n) is 37.0. The second-order valence-corrected chi connectivity index (χ2v) is 18.6. The van der Waals surface area contributed by atoms with Gasteiger partial charge in [0.25, 0.3) is 0 Å². The molecule has 0 aliphatic heterocycles. The fraction of sp³-hybridized carbons (Fsp3) is 0.520. The first-order chi connectivity index (χ1) is 29.0. The first-order valence-corrected chi connectivity index (χ1v) is 25.5. The number of hydrogen-bond acceptors (Lipinski definition) is 8. The van der Waals surface area contributed by atoms with Gasteiger partial charge in [0.15, 0.2) is 0 Å². The third-order valence-electron chi connectivity index (χ3n) is 10.6. The minimum Gasteiger partial charge on any atom is -0.744 e. The molecule has 11 heteroatoms. The molecule has 0 aliphatic rings. The van der Waals surface area contributed by atoms with Gasteiger partial charge in [0, 0.05) is 0 Å². The molecule has 0 N–H and O–H groups in total. The van der Waals surface area contributed by atoms with Gasteiger partial charge in [-0.15, -0.1) is 0 Å². The van der Waals surface area contributed by atoms with Crippen molar-refractivity contribution in [1.82, 2.24) is 0 Å². The first kappa shape index (κ1) is 54.7. The molecule has 0 fully saturated rings. The van der Waals surface area contributed by atoms with Crippen LogP contribution in [0.4, 0.5) is 0 Å². The van der Waals surface area contributed by atoms with E-state index in [0.717, 1.165) is 36.8 Å². The summed E-state index contributed by atoms with van der Waals surface area (Å²) in [5.41, 5.74) is 2.32. The minimum absolute atomic E-state index is 0. The van der Waals surface area contributed by atoms with E-state index in [-0.39, 0.29) is 59.0 Å². The summed E-state index contributed by atoms with van der Waals surface area (Å²) >= 11 is 0. The van der Waals surface area contributed by atoms with E-state index in [2.05, 4.69) is 26.0 Å². The van der Waals surface area contributed by atoms with Crippen molar-refractivity contribution in [2.75, 3.05) is 0 Å². The van der Waals surface area contributed by atoms with Gasteiger partial charge >= 0.3 is 37.7 Å². The number of para-hydroxylation sites is 2. The van der Waals surface area contributed by atoms with Crippen LogP contribution in [0.2, 0.25) is 0 Å². The van der Waals surface area contributed by atoms with Crippen molar-refractivity contribution in [2.45, 2.75) is 178 Å². The van der Waals surface area contributed by atoms with Crippen LogP contribution in [0.3, 0.4) is 0 Å². The van der Waals surface area contributed by atoms with Crippen LogP contribution in [-0.2, 0) is 33.1 Å². The third kappa shape index (κ3) is 24.3. The summed E-state index contributed by atoms with van der Waals surface area (Å²) in [6.45, 7) is 4.51. The van der Waals surface area contributed by atoms with E-state index in [1.54, 1.807) is 24.3 Å². The van der Waals surface area contributed by atoms with Crippen molar-refractivity contribution >= 4 is 58.0 Å². The van der Waals surface area contributed by atoms with Gasteiger partial charge in [-0.3, -0.25) is 0 Å². The fourth-order valence-electron chi connectivity index (χ4n) is 7.25. The normalized spacial score (nSPS) is 11.3. The van der Waals surface area contributed by atoms with E-state index in [9.17, 15) is 25.9 Å². The Morgan fingerprint density at radius 3 is 1.00 bits per heavy atom. The van der Waals surface area contributed by atoms with Crippen LogP contribution < -0.4 is 9.47 Å². The van der Waals surface area contributed by atoms with Crippen LogP contribution in [0, 0.1) is 0 Å². The Hall–Kier alpha value is -2.44. The molecule has 0 unspecified atom stereocenters. The van der Waals surface area contributed by atoms with Crippen LogP contribution in [-0.4, -0.2) is 63.7 Å². The second kappa shape index (κ2) is 32.3. The van der Waals surface area contributed by atoms with Gasteiger partial charge in [-0.1, -0.05) is 191 Å². The van der Waals surface area contributed by atoms with Gasteiger partial charge in [0.05, 0.1) is 9.79 Å². The Kier molecular flexibility index (Phi) is 28.9. The molecule has 0 atom stereocenters. The summed E-state index contributed by atoms with van der Waals surface area (Å²) in [5.74, 6) is 1.23. The van der Waals surface area contributed by atoms with Crippen LogP contribution in [0.25, 0.3) is 0 Å². The van der Waals surface area contributed by atoms with Gasteiger partial charge in [-0.2, -0.15) is 0 Å². The monoisotopic (exact) mass is 902 g/mol. The van der Waals surface area contributed by atoms with Crippen LogP contribution >= 0.6 is 0 Å². The van der Waals surface area contributed by atoms with E-state index in [1.165, 1.54) is 165 Å². The molecule has 0 aromatic heterocycles. The molecule has 0 saturated carbocycles. The molecule has 0 amide bonds. The molecule has 332 valence electrons. The molecule has 0 bridgehead atoms. The topological polar surface area (TPSA) is 133 Å². The van der Waals surface area contributed by atoms with E-state index >= 15 is 0 Å². The summed E-state index contributed by atoms with van der Waals surface area (Å²) in [6.07, 6.45) is 30.9. The minimum atomic E-state index is -4.57. The van der Waals surface area contributed by atoms with E-state index in [4.69, 9.17) is 9.47 Å². The summed E-state index contributed by atoms with van der Waals surface area (Å²) in [4.78, 5) is -0.665. The molecular formula is C50H70CaO8S2. The van der Waals surface area contributed by atoms with Crippen LogP contribution in [0.5, 0.6) is 23.0 Å². The van der Waals surface area contributed by atoms with Gasteiger partial charge in [-0.05, 0) is 85.3 Å². The quantitative estimate of drug-likeness (QED) is 0.0287. The zero-order valence-corrected chi connectivity index (χ0v) is 40.8. The molecular weight excluding hydrogens is 833 g/mol. The number of hydrogen-bond donors (Lipinski definition) is 0. The second-order valence-electron chi connectivity index (χ2n) is 15.9. The molecule has 0 heterocycles. The molecule has 4 rings (SSSR count). The maximum Gasteiger partial charge on any atom is 2.00 e. The number of benzene rings is 4. The SMILES string of the molecule is CCCCCCCCCCCCCc1cccc(Oc2ccccc2S(=O)(=O)[O-])c1.CCCCCCCCCCCCCc1cccc(Oc2ccccc2S(=O)(=O)[O-])c1.[Ca+2]. The van der Waals surface area contributed by atoms with E-state index < -0.39 is 20.2 Å². The molecule has 0 radical (unpaired) electrons. The Labute approximate surface area is 399 Å². The number of ether oxygens (including phenoxy) is 2. The maximum absolute atomic E-state index is 11.4. The molecule has 0 saturated heterocycles. The smallest absolute Gasteiger partial charge is 0.744 e. The molecule has 61 heavy (non-hydrogen) atoms. The molecule has 4 aromatic carbocycles. The van der Waals surface area contributed by atoms with Gasteiger partial charge < -0.3 is 18.6 Å². The predicted octanol–water partition coefficient (Wildman–Crippen LogP) is 14.1. The first-order valence-electron chi connectivity index (χ1n) is 22.6. The van der Waals surface area contributed by atoms with Crippen molar-refractivity contribution in [3.63, 3.8) is 0 Å². The van der Waals surface area contributed by atoms with E-state index in [1.807, 2.05) is 24.3 Å². The standard InChI is InChI=1S/2C25H36O4S.Ca/c2*1-2-3-4-5-6-7-8-9-10-11-12-16-22-17-15-18-23(21-22)29-24-19-13-14-20-25(24)30(26,27)28;/h2*13-15,17-21H,2-12,16H2,1H3,(H,26,27,28);/q;;+2/p-2. The Balaban J connectivity index is 0.000000413. The van der Waals surface area contributed by atoms with Crippen molar-refractivity contribution < 1.29 is 35.4 Å². The number of aryl methyl sites for hydroxylation is 2. The largest absolute Gasteiger partial charge is 2.00 e. The van der Waals surface area contributed by atoms with Crippen molar-refractivity contribution in [3.05, 3.63) is 108 Å². The van der Waals surface area contributed by atoms with Crippen molar-refractivity contribution in [1.29, 1.82) is 0 Å². The third-order valence-corrected chi connectivity index (χ3v) is 12.4. The Morgan fingerprint density at radius 2 is 0.689 bits per heavy atom. The van der Waals surface area contributed by atoms with E-state index in [0.29, 0.717) is 11.5 Å². The average Bonchev–Trinajstić information content (AvgIpc) is 3.22. The number of rotatable bonds is 30. The van der Waals surface area contributed by atoms with Crippen LogP contribution in [0.15, 0.2) is 107 Å². The Morgan fingerprint density at radius 1 is 0.393 bits per heavy atom. The molecule has 0 aliphatic carbocycles. The van der Waals surface area contributed by atoms with Crippen molar-refractivity contribution in [2.24, 2.45) is 0 Å².